The molecule has 17 heavy (non-hydrogen) atoms. The van der Waals surface area contributed by atoms with E-state index in [4.69, 9.17) is 5.21 Å². The summed E-state index contributed by atoms with van der Waals surface area (Å²) in [6.07, 6.45) is 0.797. The summed E-state index contributed by atoms with van der Waals surface area (Å²) >= 11 is 0. The van der Waals surface area contributed by atoms with Crippen molar-refractivity contribution < 1.29 is 15.1 Å². The molecule has 0 heterocycles. The van der Waals surface area contributed by atoms with Gasteiger partial charge in [-0.25, -0.2) is 0 Å². The van der Waals surface area contributed by atoms with Crippen LogP contribution in [0.3, 0.4) is 0 Å². The monoisotopic (exact) mass is 241 g/mol. The van der Waals surface area contributed by atoms with Crippen LogP contribution in [0.25, 0.3) is 0 Å². The van der Waals surface area contributed by atoms with E-state index in [1.807, 2.05) is 0 Å². The Labute approximate surface area is 95.6 Å². The molecule has 4 aliphatic carbocycles. The molecule has 0 aromatic heterocycles. The van der Waals surface area contributed by atoms with Crippen molar-refractivity contribution in [3.8, 4) is 0 Å². The first-order valence-electron chi connectivity index (χ1n) is 5.47. The van der Waals surface area contributed by atoms with Crippen LogP contribution in [0.4, 0.5) is 0 Å². The molecular formula is C9H11N3O5. The van der Waals surface area contributed by atoms with E-state index in [1.54, 1.807) is 0 Å². The van der Waals surface area contributed by atoms with Crippen LogP contribution < -0.4 is 0 Å². The summed E-state index contributed by atoms with van der Waals surface area (Å²) in [5.41, 5.74) is -2.51. The summed E-state index contributed by atoms with van der Waals surface area (Å²) in [6, 6.07) is 0. The van der Waals surface area contributed by atoms with Gasteiger partial charge < -0.3 is 5.21 Å². The van der Waals surface area contributed by atoms with E-state index >= 15 is 0 Å². The highest BCUT2D eigenvalue weighted by atomic mass is 16.6. The minimum atomic E-state index is -1.49. The van der Waals surface area contributed by atoms with Gasteiger partial charge in [-0.2, -0.15) is 0 Å². The number of hydrogen-bond acceptors (Lipinski definition) is 6. The summed E-state index contributed by atoms with van der Waals surface area (Å²) in [7, 11) is 0. The number of rotatable bonds is 2. The van der Waals surface area contributed by atoms with Crippen molar-refractivity contribution in [1.29, 1.82) is 0 Å². The zero-order valence-corrected chi connectivity index (χ0v) is 8.90. The van der Waals surface area contributed by atoms with Crippen LogP contribution in [-0.2, 0) is 0 Å². The molecule has 4 saturated carbocycles. The number of nitrogens with zero attached hydrogens (tertiary/aromatic N) is 3. The summed E-state index contributed by atoms with van der Waals surface area (Å²) in [4.78, 5) is 21.5. The van der Waals surface area contributed by atoms with Crippen LogP contribution in [0.5, 0.6) is 0 Å². The lowest BCUT2D eigenvalue weighted by Gasteiger charge is -2.34. The van der Waals surface area contributed by atoms with Crippen LogP contribution in [0.2, 0.25) is 0 Å². The van der Waals surface area contributed by atoms with Gasteiger partial charge in [0, 0.05) is 35.0 Å². The van der Waals surface area contributed by atoms with E-state index in [0.29, 0.717) is 6.42 Å². The fourth-order valence-corrected chi connectivity index (χ4v) is 4.17. The summed E-state index contributed by atoms with van der Waals surface area (Å²) in [6.45, 7) is 0. The second-order valence-electron chi connectivity index (χ2n) is 5.41. The lowest BCUT2D eigenvalue weighted by molar-refractivity contribution is -0.611. The molecular weight excluding hydrogens is 230 g/mol. The van der Waals surface area contributed by atoms with Gasteiger partial charge >= 0.3 is 0 Å². The maximum Gasteiger partial charge on any atom is 0.270 e. The normalized spacial score (nSPS) is 48.8. The van der Waals surface area contributed by atoms with Gasteiger partial charge in [0.2, 0.25) is 5.54 Å². The fraction of sp³-hybridized carbons (Fsp3) is 0.889. The molecule has 1 N–H and O–H groups in total. The Morgan fingerprint density at radius 2 is 1.94 bits per heavy atom. The van der Waals surface area contributed by atoms with Gasteiger partial charge in [-0.15, -0.1) is 0 Å². The first-order chi connectivity index (χ1) is 7.95. The number of nitro groups is 2. The first kappa shape index (κ1) is 10.4. The molecule has 4 rings (SSSR count). The fourth-order valence-electron chi connectivity index (χ4n) is 4.17. The lowest BCUT2D eigenvalue weighted by Crippen LogP contribution is -2.57. The zero-order chi connectivity index (χ0) is 12.4. The van der Waals surface area contributed by atoms with Crippen molar-refractivity contribution in [2.45, 2.75) is 36.8 Å². The van der Waals surface area contributed by atoms with E-state index < -0.39 is 16.0 Å². The maximum absolute atomic E-state index is 11.2. The molecule has 0 aromatic carbocycles. The molecule has 8 heteroatoms. The Bertz CT molecular complexity index is 464. The highest BCUT2D eigenvalue weighted by molar-refractivity contribution is 5.98. The average Bonchev–Trinajstić information content (AvgIpc) is 2.64. The molecule has 0 aliphatic heterocycles. The molecule has 0 amide bonds. The van der Waals surface area contributed by atoms with Crippen molar-refractivity contribution in [2.24, 2.45) is 17.0 Å². The van der Waals surface area contributed by atoms with Gasteiger partial charge in [0.1, 0.15) is 5.71 Å². The minimum absolute atomic E-state index is 0.0783. The van der Waals surface area contributed by atoms with Crippen molar-refractivity contribution in [1.82, 2.24) is 0 Å². The second-order valence-corrected chi connectivity index (χ2v) is 5.41. The third-order valence-electron chi connectivity index (χ3n) is 4.70. The van der Waals surface area contributed by atoms with E-state index in [0.717, 1.165) is 0 Å². The van der Waals surface area contributed by atoms with Crippen molar-refractivity contribution in [2.75, 3.05) is 0 Å². The van der Waals surface area contributed by atoms with Gasteiger partial charge in [-0.3, -0.25) is 20.2 Å². The first-order valence-corrected chi connectivity index (χ1v) is 5.47. The van der Waals surface area contributed by atoms with Crippen LogP contribution in [0.1, 0.15) is 25.7 Å². The molecule has 0 radical (unpaired) electrons. The Kier molecular flexibility index (Phi) is 1.68. The molecule has 92 valence electrons. The molecule has 4 unspecified atom stereocenters. The van der Waals surface area contributed by atoms with Crippen LogP contribution in [-0.4, -0.2) is 31.8 Å². The van der Waals surface area contributed by atoms with Gasteiger partial charge in [-0.05, 0) is 5.92 Å². The molecule has 8 nitrogen and oxygen atoms in total. The molecule has 0 saturated heterocycles. The molecule has 4 aliphatic rings. The van der Waals surface area contributed by atoms with Crippen molar-refractivity contribution >= 4 is 5.71 Å². The molecule has 4 atom stereocenters. The summed E-state index contributed by atoms with van der Waals surface area (Å²) < 4.78 is 0. The Hall–Kier alpha value is -1.73. The standard InChI is InChI=1S/C9H11N3O5/c13-10-7-6-3-8(11(14)15)1-5(6)2-9(7,4-8)12(16)17/h5-6,13H,1-4H2/b10-7+. The topological polar surface area (TPSA) is 119 Å². The summed E-state index contributed by atoms with van der Waals surface area (Å²) in [5.74, 6) is -0.366. The average molecular weight is 241 g/mol. The van der Waals surface area contributed by atoms with Crippen LogP contribution >= 0.6 is 0 Å². The van der Waals surface area contributed by atoms with Gasteiger partial charge in [0.05, 0.1) is 6.42 Å². The number of hydrogen-bond donors (Lipinski definition) is 1. The van der Waals surface area contributed by atoms with E-state index in [2.05, 4.69) is 5.16 Å². The van der Waals surface area contributed by atoms with Crippen LogP contribution in [0.15, 0.2) is 5.16 Å². The molecule has 0 aromatic rings. The Morgan fingerprint density at radius 1 is 1.24 bits per heavy atom. The molecule has 0 spiro atoms. The van der Waals surface area contributed by atoms with Crippen molar-refractivity contribution in [3.63, 3.8) is 0 Å². The number of oxime groups is 1. The highest BCUT2D eigenvalue weighted by Crippen LogP contribution is 2.62. The largest absolute Gasteiger partial charge is 0.411 e. The van der Waals surface area contributed by atoms with Gasteiger partial charge in [0.15, 0.2) is 0 Å². The van der Waals surface area contributed by atoms with E-state index in [-0.39, 0.29) is 41.7 Å². The molecule has 4 bridgehead atoms. The second kappa shape index (κ2) is 2.74. The van der Waals surface area contributed by atoms with Crippen molar-refractivity contribution in [3.05, 3.63) is 20.2 Å². The lowest BCUT2D eigenvalue weighted by atomic mass is 9.70. The molecule has 4 fully saturated rings. The third-order valence-corrected chi connectivity index (χ3v) is 4.70. The predicted molar refractivity (Wildman–Crippen MR) is 54.1 cm³/mol. The van der Waals surface area contributed by atoms with Gasteiger partial charge in [0.25, 0.3) is 5.54 Å². The minimum Gasteiger partial charge on any atom is -0.411 e. The quantitative estimate of drug-likeness (QED) is 0.433. The summed E-state index contributed by atoms with van der Waals surface area (Å²) in [5, 5.41) is 34.4. The third kappa shape index (κ3) is 0.961. The maximum atomic E-state index is 11.2. The SMILES string of the molecule is O=[N+]([O-])C12CC3CC([N+](=O)[O-])(C1)/C(=N/O)C3C2. The highest BCUT2D eigenvalue weighted by Gasteiger charge is 2.77. The Balaban J connectivity index is 2.13. The van der Waals surface area contributed by atoms with Crippen LogP contribution in [0, 0.1) is 32.1 Å². The van der Waals surface area contributed by atoms with E-state index in [1.165, 1.54) is 0 Å². The smallest absolute Gasteiger partial charge is 0.270 e. The van der Waals surface area contributed by atoms with E-state index in [9.17, 15) is 20.2 Å². The van der Waals surface area contributed by atoms with Gasteiger partial charge in [-0.1, -0.05) is 5.16 Å². The zero-order valence-electron chi connectivity index (χ0n) is 8.90. The predicted octanol–water partition coefficient (Wildman–Crippen LogP) is 0.681. The Morgan fingerprint density at radius 3 is 2.47 bits per heavy atom.